The third-order valence-corrected chi connectivity index (χ3v) is 3.02. The van der Waals surface area contributed by atoms with Crippen molar-refractivity contribution in [2.45, 2.75) is 6.92 Å². The van der Waals surface area contributed by atoms with Crippen molar-refractivity contribution in [2.75, 3.05) is 37.9 Å². The lowest BCUT2D eigenvalue weighted by Crippen LogP contribution is -2.49. The molecule has 0 bridgehead atoms. The first kappa shape index (κ1) is 12.9. The molecule has 0 atom stereocenters. The van der Waals surface area contributed by atoms with Crippen LogP contribution in [0.3, 0.4) is 0 Å². The Morgan fingerprint density at radius 2 is 2.17 bits per heavy atom. The molecule has 0 spiro atoms. The fourth-order valence-corrected chi connectivity index (χ4v) is 2.14. The number of carboxylic acid groups (broad SMARTS) is 1. The minimum absolute atomic E-state index is 0.319. The molecule has 1 aliphatic rings. The summed E-state index contributed by atoms with van der Waals surface area (Å²) < 4.78 is 5.33. The van der Waals surface area contributed by atoms with Crippen LogP contribution in [0.5, 0.6) is 0 Å². The van der Waals surface area contributed by atoms with Crippen molar-refractivity contribution in [1.29, 1.82) is 0 Å². The van der Waals surface area contributed by atoms with Crippen LogP contribution in [0.4, 0.5) is 5.69 Å². The summed E-state index contributed by atoms with van der Waals surface area (Å²) in [6, 6.07) is 7.04. The standard InChI is InChI=1S/C13H18N2O3/c1-2-15(14-6-8-18-9-7-14)12-5-3-4-11(10-12)13(16)17/h3-5,10H,2,6-9H2,1H3,(H,16,17). The van der Waals surface area contributed by atoms with Crippen LogP contribution < -0.4 is 5.01 Å². The van der Waals surface area contributed by atoms with Crippen molar-refractivity contribution in [1.82, 2.24) is 5.01 Å². The summed E-state index contributed by atoms with van der Waals surface area (Å²) in [7, 11) is 0. The second-order valence-corrected chi connectivity index (χ2v) is 4.14. The average molecular weight is 250 g/mol. The van der Waals surface area contributed by atoms with Crippen LogP contribution in [0.15, 0.2) is 24.3 Å². The summed E-state index contributed by atoms with van der Waals surface area (Å²) in [6.45, 7) is 5.98. The number of anilines is 1. The topological polar surface area (TPSA) is 53.0 Å². The molecule has 1 aliphatic heterocycles. The van der Waals surface area contributed by atoms with Gasteiger partial charge in [0.25, 0.3) is 0 Å². The number of ether oxygens (including phenoxy) is 1. The van der Waals surface area contributed by atoms with E-state index in [4.69, 9.17) is 9.84 Å². The number of rotatable bonds is 4. The van der Waals surface area contributed by atoms with Crippen LogP contribution in [0, 0.1) is 0 Å². The van der Waals surface area contributed by atoms with E-state index < -0.39 is 5.97 Å². The Labute approximate surface area is 107 Å². The fourth-order valence-electron chi connectivity index (χ4n) is 2.14. The normalized spacial score (nSPS) is 16.5. The lowest BCUT2D eigenvalue weighted by atomic mass is 10.2. The molecule has 18 heavy (non-hydrogen) atoms. The second kappa shape index (κ2) is 5.84. The molecule has 5 nitrogen and oxygen atoms in total. The minimum atomic E-state index is -0.894. The van der Waals surface area contributed by atoms with Gasteiger partial charge < -0.3 is 14.9 Å². The molecular weight excluding hydrogens is 232 g/mol. The van der Waals surface area contributed by atoms with E-state index >= 15 is 0 Å². The van der Waals surface area contributed by atoms with Gasteiger partial charge in [0.2, 0.25) is 0 Å². The van der Waals surface area contributed by atoms with Gasteiger partial charge in [-0.2, -0.15) is 0 Å². The number of carboxylic acids is 1. The van der Waals surface area contributed by atoms with Crippen molar-refractivity contribution >= 4 is 11.7 Å². The quantitative estimate of drug-likeness (QED) is 0.876. The van der Waals surface area contributed by atoms with Gasteiger partial charge in [-0.05, 0) is 25.1 Å². The molecule has 1 heterocycles. The minimum Gasteiger partial charge on any atom is -0.478 e. The molecule has 0 radical (unpaired) electrons. The Hall–Kier alpha value is -1.59. The van der Waals surface area contributed by atoms with E-state index in [1.165, 1.54) is 0 Å². The van der Waals surface area contributed by atoms with Gasteiger partial charge in [-0.3, -0.25) is 0 Å². The fraction of sp³-hybridized carbons (Fsp3) is 0.462. The molecule has 1 aromatic rings. The third kappa shape index (κ3) is 2.80. The number of benzene rings is 1. The van der Waals surface area contributed by atoms with Gasteiger partial charge in [0.15, 0.2) is 0 Å². The Morgan fingerprint density at radius 3 is 2.78 bits per heavy atom. The molecule has 5 heteroatoms. The number of aromatic carboxylic acids is 1. The van der Waals surface area contributed by atoms with Crippen molar-refractivity contribution in [3.63, 3.8) is 0 Å². The van der Waals surface area contributed by atoms with Crippen LogP contribution in [-0.2, 0) is 4.74 Å². The molecular formula is C13H18N2O3. The molecule has 2 rings (SSSR count). The van der Waals surface area contributed by atoms with Crippen LogP contribution in [0.1, 0.15) is 17.3 Å². The number of carbonyl (C=O) groups is 1. The predicted octanol–water partition coefficient (Wildman–Crippen LogP) is 1.46. The number of hydrazine groups is 1. The number of nitrogens with zero attached hydrogens (tertiary/aromatic N) is 2. The Balaban J connectivity index is 2.20. The molecule has 1 aromatic carbocycles. The van der Waals surface area contributed by atoms with Crippen molar-refractivity contribution < 1.29 is 14.6 Å². The summed E-state index contributed by atoms with van der Waals surface area (Å²) >= 11 is 0. The van der Waals surface area contributed by atoms with Crippen LogP contribution in [-0.4, -0.2) is 48.9 Å². The zero-order valence-corrected chi connectivity index (χ0v) is 10.5. The highest BCUT2D eigenvalue weighted by Gasteiger charge is 2.18. The predicted molar refractivity (Wildman–Crippen MR) is 68.8 cm³/mol. The monoisotopic (exact) mass is 250 g/mol. The maximum absolute atomic E-state index is 11.0. The maximum atomic E-state index is 11.0. The lowest BCUT2D eigenvalue weighted by Gasteiger charge is -2.38. The molecule has 0 aliphatic carbocycles. The maximum Gasteiger partial charge on any atom is 0.335 e. The van der Waals surface area contributed by atoms with Crippen molar-refractivity contribution in [3.05, 3.63) is 29.8 Å². The van der Waals surface area contributed by atoms with Gasteiger partial charge in [-0.15, -0.1) is 0 Å². The largest absolute Gasteiger partial charge is 0.478 e. The highest BCUT2D eigenvalue weighted by atomic mass is 16.5. The molecule has 98 valence electrons. The lowest BCUT2D eigenvalue weighted by molar-refractivity contribution is 0.0322. The zero-order chi connectivity index (χ0) is 13.0. The highest BCUT2D eigenvalue weighted by molar-refractivity contribution is 5.88. The van der Waals surface area contributed by atoms with E-state index in [1.54, 1.807) is 18.2 Å². The average Bonchev–Trinajstić information content (AvgIpc) is 2.41. The summed E-state index contributed by atoms with van der Waals surface area (Å²) in [6.07, 6.45) is 0. The van der Waals surface area contributed by atoms with Gasteiger partial charge in [0, 0.05) is 19.6 Å². The summed E-state index contributed by atoms with van der Waals surface area (Å²) in [5.74, 6) is -0.894. The van der Waals surface area contributed by atoms with E-state index in [2.05, 4.69) is 16.9 Å². The number of morpholine rings is 1. The van der Waals surface area contributed by atoms with Gasteiger partial charge in [0.05, 0.1) is 24.5 Å². The van der Waals surface area contributed by atoms with Gasteiger partial charge in [-0.1, -0.05) is 6.07 Å². The smallest absolute Gasteiger partial charge is 0.335 e. The molecule has 1 fully saturated rings. The number of hydrogen-bond donors (Lipinski definition) is 1. The van der Waals surface area contributed by atoms with Gasteiger partial charge in [-0.25, -0.2) is 9.80 Å². The summed E-state index contributed by atoms with van der Waals surface area (Å²) in [4.78, 5) is 11.0. The van der Waals surface area contributed by atoms with Crippen molar-refractivity contribution in [2.24, 2.45) is 0 Å². The van der Waals surface area contributed by atoms with E-state index in [-0.39, 0.29) is 0 Å². The van der Waals surface area contributed by atoms with E-state index in [0.29, 0.717) is 5.56 Å². The molecule has 0 aromatic heterocycles. The van der Waals surface area contributed by atoms with E-state index in [1.807, 2.05) is 6.07 Å². The SMILES string of the molecule is CCN(c1cccc(C(=O)O)c1)N1CCOCC1. The highest BCUT2D eigenvalue weighted by Crippen LogP contribution is 2.19. The zero-order valence-electron chi connectivity index (χ0n) is 10.5. The molecule has 1 N–H and O–H groups in total. The Bertz CT molecular complexity index is 416. The van der Waals surface area contributed by atoms with Crippen LogP contribution in [0.2, 0.25) is 0 Å². The first-order chi connectivity index (χ1) is 8.72. The third-order valence-electron chi connectivity index (χ3n) is 3.02. The summed E-state index contributed by atoms with van der Waals surface area (Å²) in [5, 5.41) is 13.3. The molecule has 0 amide bonds. The Kier molecular flexibility index (Phi) is 4.17. The van der Waals surface area contributed by atoms with Crippen LogP contribution in [0.25, 0.3) is 0 Å². The first-order valence-electron chi connectivity index (χ1n) is 6.16. The second-order valence-electron chi connectivity index (χ2n) is 4.14. The van der Waals surface area contributed by atoms with Crippen LogP contribution >= 0.6 is 0 Å². The Morgan fingerprint density at radius 1 is 1.44 bits per heavy atom. The molecule has 1 saturated heterocycles. The summed E-state index contributed by atoms with van der Waals surface area (Å²) in [5.41, 5.74) is 1.23. The molecule has 0 saturated carbocycles. The van der Waals surface area contributed by atoms with Crippen molar-refractivity contribution in [3.8, 4) is 0 Å². The van der Waals surface area contributed by atoms with Gasteiger partial charge >= 0.3 is 5.97 Å². The van der Waals surface area contributed by atoms with E-state index in [9.17, 15) is 4.79 Å². The number of hydrogen-bond acceptors (Lipinski definition) is 4. The molecule has 0 unspecified atom stereocenters. The first-order valence-corrected chi connectivity index (χ1v) is 6.16. The van der Waals surface area contributed by atoms with Gasteiger partial charge in [0.1, 0.15) is 0 Å². The van der Waals surface area contributed by atoms with E-state index in [0.717, 1.165) is 38.5 Å².